The highest BCUT2D eigenvalue weighted by atomic mass is 35.5. The van der Waals surface area contributed by atoms with Crippen molar-refractivity contribution in [3.8, 4) is 0 Å². The van der Waals surface area contributed by atoms with Crippen LogP contribution < -0.4 is 4.90 Å². The maximum absolute atomic E-state index is 13.5. The Morgan fingerprint density at radius 1 is 1.18 bits per heavy atom. The van der Waals surface area contributed by atoms with Crippen molar-refractivity contribution < 1.29 is 4.39 Å². The Kier molecular flexibility index (Phi) is 3.54. The third-order valence-electron chi connectivity index (χ3n) is 2.35. The van der Waals surface area contributed by atoms with Gasteiger partial charge in [0.15, 0.2) is 5.15 Å². The zero-order valence-electron chi connectivity index (χ0n) is 9.27. The molecule has 0 bridgehead atoms. The fourth-order valence-electron chi connectivity index (χ4n) is 1.52. The van der Waals surface area contributed by atoms with E-state index in [0.29, 0.717) is 17.4 Å². The van der Waals surface area contributed by atoms with E-state index in [2.05, 4.69) is 10.2 Å². The van der Waals surface area contributed by atoms with Crippen molar-refractivity contribution in [1.82, 2.24) is 10.2 Å². The molecule has 0 atom stereocenters. The summed E-state index contributed by atoms with van der Waals surface area (Å²) >= 11 is 5.64. The van der Waals surface area contributed by atoms with Crippen LogP contribution in [0.5, 0.6) is 0 Å². The van der Waals surface area contributed by atoms with Crippen molar-refractivity contribution in [2.24, 2.45) is 0 Å². The molecule has 0 aliphatic rings. The second-order valence-corrected chi connectivity index (χ2v) is 4.04. The van der Waals surface area contributed by atoms with E-state index < -0.39 is 0 Å². The van der Waals surface area contributed by atoms with E-state index in [9.17, 15) is 4.39 Å². The average Bonchev–Trinajstić information content (AvgIpc) is 2.32. The van der Waals surface area contributed by atoms with Crippen LogP contribution in [0.3, 0.4) is 0 Å². The minimum Gasteiger partial charge on any atom is -0.366 e. The molecule has 88 valence electrons. The second-order valence-electron chi connectivity index (χ2n) is 3.65. The molecule has 1 aromatic heterocycles. The van der Waals surface area contributed by atoms with Crippen molar-refractivity contribution in [3.63, 3.8) is 0 Å². The summed E-state index contributed by atoms with van der Waals surface area (Å²) in [5, 5.41) is 8.02. The van der Waals surface area contributed by atoms with Crippen molar-refractivity contribution in [2.75, 3.05) is 11.9 Å². The monoisotopic (exact) mass is 251 g/mol. The van der Waals surface area contributed by atoms with Gasteiger partial charge in [0.05, 0.1) is 17.9 Å². The Hall–Kier alpha value is -1.68. The Morgan fingerprint density at radius 2 is 1.94 bits per heavy atom. The first-order valence-electron chi connectivity index (χ1n) is 5.10. The molecule has 17 heavy (non-hydrogen) atoms. The van der Waals surface area contributed by atoms with E-state index in [0.717, 1.165) is 5.69 Å². The summed E-state index contributed by atoms with van der Waals surface area (Å²) < 4.78 is 13.5. The third kappa shape index (κ3) is 2.91. The van der Waals surface area contributed by atoms with Crippen molar-refractivity contribution >= 4 is 17.3 Å². The summed E-state index contributed by atoms with van der Waals surface area (Å²) in [7, 11) is 1.80. The van der Waals surface area contributed by atoms with Gasteiger partial charge in [-0.2, -0.15) is 5.10 Å². The fourth-order valence-corrected chi connectivity index (χ4v) is 1.62. The Labute approximate surface area is 104 Å². The Morgan fingerprint density at radius 3 is 2.59 bits per heavy atom. The quantitative estimate of drug-likeness (QED) is 0.840. The molecule has 0 radical (unpaired) electrons. The normalized spacial score (nSPS) is 10.3. The predicted octanol–water partition coefficient (Wildman–Crippen LogP) is 2.91. The smallest absolute Gasteiger partial charge is 0.151 e. The van der Waals surface area contributed by atoms with Gasteiger partial charge in [-0.1, -0.05) is 23.7 Å². The van der Waals surface area contributed by atoms with Gasteiger partial charge in [-0.25, -0.2) is 4.39 Å². The molecular formula is C12H11ClFN3. The first-order chi connectivity index (χ1) is 8.16. The molecule has 5 heteroatoms. The van der Waals surface area contributed by atoms with Crippen LogP contribution in [0.15, 0.2) is 36.4 Å². The number of para-hydroxylation sites is 1. The highest BCUT2D eigenvalue weighted by Gasteiger charge is 2.07. The fraction of sp³-hybridized carbons (Fsp3) is 0.167. The van der Waals surface area contributed by atoms with Gasteiger partial charge in [0.1, 0.15) is 5.82 Å². The number of hydrogen-bond donors (Lipinski definition) is 0. The minimum absolute atomic E-state index is 0.253. The van der Waals surface area contributed by atoms with Crippen LogP contribution in [0.1, 0.15) is 5.69 Å². The van der Waals surface area contributed by atoms with Gasteiger partial charge >= 0.3 is 0 Å². The van der Waals surface area contributed by atoms with Crippen LogP contribution in [0.25, 0.3) is 0 Å². The van der Waals surface area contributed by atoms with Crippen LogP contribution in [0.4, 0.5) is 10.1 Å². The lowest BCUT2D eigenvalue weighted by molar-refractivity contribution is 0.621. The van der Waals surface area contributed by atoms with Gasteiger partial charge in [-0.05, 0) is 24.3 Å². The van der Waals surface area contributed by atoms with Gasteiger partial charge in [0, 0.05) is 7.05 Å². The van der Waals surface area contributed by atoms with E-state index in [4.69, 9.17) is 11.6 Å². The molecule has 0 fully saturated rings. The first kappa shape index (κ1) is 11.8. The lowest BCUT2D eigenvalue weighted by Crippen LogP contribution is -2.18. The van der Waals surface area contributed by atoms with Gasteiger partial charge in [-0.3, -0.25) is 0 Å². The summed E-state index contributed by atoms with van der Waals surface area (Å²) in [5.74, 6) is -0.253. The Balaban J connectivity index is 2.14. The number of anilines is 1. The molecule has 1 aromatic carbocycles. The molecule has 0 amide bonds. The molecule has 3 nitrogen and oxygen atoms in total. The lowest BCUT2D eigenvalue weighted by atomic mass is 10.2. The standard InChI is InChI=1S/C12H11ClFN3/c1-17(11-5-3-2-4-10(11)14)8-9-6-7-12(13)16-15-9/h2-7H,8H2,1H3. The third-order valence-corrected chi connectivity index (χ3v) is 2.55. The van der Waals surface area contributed by atoms with Gasteiger partial charge in [0.25, 0.3) is 0 Å². The molecule has 2 rings (SSSR count). The number of hydrogen-bond acceptors (Lipinski definition) is 3. The maximum atomic E-state index is 13.5. The highest BCUT2D eigenvalue weighted by molar-refractivity contribution is 6.29. The summed E-state index contributed by atoms with van der Waals surface area (Å²) in [6.07, 6.45) is 0. The zero-order chi connectivity index (χ0) is 12.3. The second kappa shape index (κ2) is 5.10. The first-order valence-corrected chi connectivity index (χ1v) is 5.48. The molecule has 0 saturated heterocycles. The molecule has 0 spiro atoms. The lowest BCUT2D eigenvalue weighted by Gasteiger charge is -2.18. The van der Waals surface area contributed by atoms with Crippen LogP contribution in [0, 0.1) is 5.82 Å². The Bertz CT molecular complexity index is 501. The number of halogens is 2. The van der Waals surface area contributed by atoms with E-state index in [-0.39, 0.29) is 5.82 Å². The van der Waals surface area contributed by atoms with Crippen molar-refractivity contribution in [1.29, 1.82) is 0 Å². The molecule has 0 aliphatic heterocycles. The highest BCUT2D eigenvalue weighted by Crippen LogP contribution is 2.18. The SMILES string of the molecule is CN(Cc1ccc(Cl)nn1)c1ccccc1F. The topological polar surface area (TPSA) is 29.0 Å². The molecule has 0 saturated carbocycles. The number of rotatable bonds is 3. The van der Waals surface area contributed by atoms with Gasteiger partial charge in [-0.15, -0.1) is 5.10 Å². The number of nitrogens with zero attached hydrogens (tertiary/aromatic N) is 3. The summed E-state index contributed by atoms with van der Waals surface area (Å²) in [6, 6.07) is 10.0. The van der Waals surface area contributed by atoms with Gasteiger partial charge < -0.3 is 4.90 Å². The number of aromatic nitrogens is 2. The van der Waals surface area contributed by atoms with Crippen LogP contribution >= 0.6 is 11.6 Å². The average molecular weight is 252 g/mol. The van der Waals surface area contributed by atoms with Crippen molar-refractivity contribution in [3.05, 3.63) is 53.1 Å². The summed E-state index contributed by atoms with van der Waals surface area (Å²) in [4.78, 5) is 1.77. The maximum Gasteiger partial charge on any atom is 0.151 e. The number of benzene rings is 1. The van der Waals surface area contributed by atoms with Gasteiger partial charge in [0.2, 0.25) is 0 Å². The zero-order valence-corrected chi connectivity index (χ0v) is 10.0. The van der Waals surface area contributed by atoms with E-state index >= 15 is 0 Å². The van der Waals surface area contributed by atoms with E-state index in [1.807, 2.05) is 0 Å². The van der Waals surface area contributed by atoms with Crippen LogP contribution in [-0.2, 0) is 6.54 Å². The largest absolute Gasteiger partial charge is 0.366 e. The van der Waals surface area contributed by atoms with Crippen LogP contribution in [0.2, 0.25) is 5.15 Å². The summed E-state index contributed by atoms with van der Waals surface area (Å²) in [6.45, 7) is 0.477. The molecule has 2 aromatic rings. The minimum atomic E-state index is -0.253. The molecule has 0 aliphatic carbocycles. The summed E-state index contributed by atoms with van der Waals surface area (Å²) in [5.41, 5.74) is 1.27. The van der Waals surface area contributed by atoms with Crippen LogP contribution in [-0.4, -0.2) is 17.2 Å². The van der Waals surface area contributed by atoms with E-state index in [1.165, 1.54) is 6.07 Å². The molecule has 0 unspecified atom stereocenters. The molecular weight excluding hydrogens is 241 g/mol. The van der Waals surface area contributed by atoms with E-state index in [1.54, 1.807) is 42.3 Å². The molecule has 0 N–H and O–H groups in total. The molecule has 1 heterocycles. The predicted molar refractivity (Wildman–Crippen MR) is 65.5 cm³/mol. The van der Waals surface area contributed by atoms with Crippen molar-refractivity contribution in [2.45, 2.75) is 6.54 Å².